The van der Waals surface area contributed by atoms with E-state index in [1.807, 2.05) is 0 Å². The van der Waals surface area contributed by atoms with Gasteiger partial charge < -0.3 is 42.6 Å². The van der Waals surface area contributed by atoms with E-state index in [4.69, 9.17) is 54.2 Å². The van der Waals surface area contributed by atoms with Crippen LogP contribution in [0, 0.1) is 0 Å². The lowest BCUT2D eigenvalue weighted by Crippen LogP contribution is -2.15. The molecule has 0 saturated heterocycles. The lowest BCUT2D eigenvalue weighted by Gasteiger charge is -2.09. The van der Waals surface area contributed by atoms with Crippen LogP contribution < -0.4 is 0 Å². The van der Waals surface area contributed by atoms with E-state index in [0.717, 1.165) is 51.0 Å². The van der Waals surface area contributed by atoms with E-state index < -0.39 is 0 Å². The number of unbranched alkanes of at least 4 members (excludes halogenated alkanes) is 6. The van der Waals surface area contributed by atoms with Gasteiger partial charge >= 0.3 is 5.97 Å². The highest BCUT2D eigenvalue weighted by molar-refractivity contribution is 6.17. The van der Waals surface area contributed by atoms with Crippen molar-refractivity contribution in [2.75, 3.05) is 118 Å². The molecule has 0 aliphatic carbocycles. The van der Waals surface area contributed by atoms with Crippen molar-refractivity contribution >= 4 is 17.6 Å². The van der Waals surface area contributed by atoms with Crippen LogP contribution in [-0.2, 0) is 47.4 Å². The molecule has 0 saturated carbocycles. The lowest BCUT2D eigenvalue weighted by molar-refractivity contribution is -0.145. The Balaban J connectivity index is 3.07. The van der Waals surface area contributed by atoms with Gasteiger partial charge in [-0.2, -0.15) is 0 Å². The molecule has 11 heteroatoms. The van der Waals surface area contributed by atoms with Crippen molar-refractivity contribution in [3.05, 3.63) is 0 Å². The molecule has 0 amide bonds. The molecule has 0 aliphatic heterocycles. The molecule has 0 aromatic heterocycles. The summed E-state index contributed by atoms with van der Waals surface area (Å²) in [6, 6.07) is 0. The maximum absolute atomic E-state index is 11.5. The summed E-state index contributed by atoms with van der Waals surface area (Å²) in [5, 5.41) is 0. The Morgan fingerprint density at radius 2 is 0.775 bits per heavy atom. The molecular formula is C29H57ClO10. The molecule has 0 fully saturated rings. The number of hydrogen-bond donors (Lipinski definition) is 0. The van der Waals surface area contributed by atoms with E-state index in [0.29, 0.717) is 106 Å². The predicted molar refractivity (Wildman–Crippen MR) is 155 cm³/mol. The molecule has 0 heterocycles. The molecule has 0 rings (SSSR count). The highest BCUT2D eigenvalue weighted by Gasteiger charge is 2.02. The normalized spacial score (nSPS) is 11.3. The summed E-state index contributed by atoms with van der Waals surface area (Å²) in [7, 11) is 0. The molecule has 10 nitrogen and oxygen atoms in total. The van der Waals surface area contributed by atoms with E-state index in [1.165, 1.54) is 12.8 Å². The van der Waals surface area contributed by atoms with Crippen LogP contribution in [0.3, 0.4) is 0 Å². The summed E-state index contributed by atoms with van der Waals surface area (Å²) in [5.41, 5.74) is 0. The fraction of sp³-hybridized carbons (Fsp3) is 0.966. The number of carbonyl (C=O) groups excluding carboxylic acids is 1. The fourth-order valence-corrected chi connectivity index (χ4v) is 3.47. The average molecular weight is 601 g/mol. The lowest BCUT2D eigenvalue weighted by atomic mass is 10.2. The van der Waals surface area contributed by atoms with Gasteiger partial charge in [-0.3, -0.25) is 4.79 Å². The Bertz CT molecular complexity index is 488. The Hall–Kier alpha value is -0.560. The van der Waals surface area contributed by atoms with Gasteiger partial charge in [-0.15, -0.1) is 11.6 Å². The van der Waals surface area contributed by atoms with Crippen LogP contribution in [0.25, 0.3) is 0 Å². The minimum Gasteiger partial charge on any atom is -0.463 e. The van der Waals surface area contributed by atoms with Crippen molar-refractivity contribution in [1.82, 2.24) is 0 Å². The molecule has 240 valence electrons. The molecule has 0 spiro atoms. The number of hydrogen-bond acceptors (Lipinski definition) is 10. The molecule has 0 aliphatic rings. The van der Waals surface area contributed by atoms with Crippen molar-refractivity contribution < 1.29 is 47.4 Å². The van der Waals surface area contributed by atoms with Crippen LogP contribution in [0.4, 0.5) is 0 Å². The van der Waals surface area contributed by atoms with Crippen LogP contribution in [0.5, 0.6) is 0 Å². The Morgan fingerprint density at radius 3 is 1.18 bits per heavy atom. The summed E-state index contributed by atoms with van der Waals surface area (Å²) in [6.45, 7) is 10.9. The van der Waals surface area contributed by atoms with Crippen molar-refractivity contribution in [3.63, 3.8) is 0 Å². The summed E-state index contributed by atoms with van der Waals surface area (Å²) in [6.07, 6.45) is 9.28. The smallest absolute Gasteiger partial charge is 0.305 e. The standard InChI is InChI=1S/C29H57ClO10/c1-2-3-4-7-10-29(31)40-28-27-39-26-25-38-24-23-37-22-21-36-20-19-35-18-17-34-16-15-33-14-13-32-12-9-6-5-8-11-30/h2-28H2,1H3. The number of esters is 1. The van der Waals surface area contributed by atoms with Gasteiger partial charge in [0.25, 0.3) is 0 Å². The van der Waals surface area contributed by atoms with Gasteiger partial charge in [0.1, 0.15) is 6.61 Å². The fourth-order valence-electron chi connectivity index (χ4n) is 3.28. The molecule has 40 heavy (non-hydrogen) atoms. The van der Waals surface area contributed by atoms with Crippen LogP contribution >= 0.6 is 11.6 Å². The van der Waals surface area contributed by atoms with Gasteiger partial charge in [0.15, 0.2) is 0 Å². The van der Waals surface area contributed by atoms with E-state index in [-0.39, 0.29) is 12.6 Å². The van der Waals surface area contributed by atoms with Crippen LogP contribution in [0.1, 0.15) is 64.7 Å². The molecule has 0 N–H and O–H groups in total. The highest BCUT2D eigenvalue weighted by atomic mass is 35.5. The van der Waals surface area contributed by atoms with E-state index in [2.05, 4.69) is 6.92 Å². The van der Waals surface area contributed by atoms with Crippen LogP contribution in [0.15, 0.2) is 0 Å². The topological polar surface area (TPSA) is 100 Å². The van der Waals surface area contributed by atoms with Gasteiger partial charge in [-0.1, -0.05) is 39.0 Å². The predicted octanol–water partition coefficient (Wildman–Crippen LogP) is 4.43. The zero-order chi connectivity index (χ0) is 29.0. The third kappa shape index (κ3) is 35.5. The maximum Gasteiger partial charge on any atom is 0.305 e. The third-order valence-corrected chi connectivity index (χ3v) is 5.77. The summed E-state index contributed by atoms with van der Waals surface area (Å²) >= 11 is 5.65. The van der Waals surface area contributed by atoms with Crippen molar-refractivity contribution in [2.45, 2.75) is 64.7 Å². The van der Waals surface area contributed by atoms with Crippen molar-refractivity contribution in [1.29, 1.82) is 0 Å². The summed E-state index contributed by atoms with van der Waals surface area (Å²) in [4.78, 5) is 11.5. The summed E-state index contributed by atoms with van der Waals surface area (Å²) in [5.74, 6) is 0.596. The van der Waals surface area contributed by atoms with E-state index >= 15 is 0 Å². The Labute approximate surface area is 247 Å². The first-order chi connectivity index (χ1) is 19.8. The first kappa shape index (κ1) is 39.4. The Morgan fingerprint density at radius 1 is 0.425 bits per heavy atom. The summed E-state index contributed by atoms with van der Waals surface area (Å²) < 4.78 is 48.8. The second-order valence-electron chi connectivity index (χ2n) is 9.03. The maximum atomic E-state index is 11.5. The Kier molecular flexibility index (Phi) is 36.0. The largest absolute Gasteiger partial charge is 0.463 e. The number of carbonyl (C=O) groups is 1. The van der Waals surface area contributed by atoms with Gasteiger partial charge in [0.05, 0.1) is 99.1 Å². The number of alkyl halides is 1. The molecule has 0 bridgehead atoms. The first-order valence-corrected chi connectivity index (χ1v) is 15.7. The van der Waals surface area contributed by atoms with Crippen molar-refractivity contribution in [2.24, 2.45) is 0 Å². The van der Waals surface area contributed by atoms with Crippen LogP contribution in [-0.4, -0.2) is 124 Å². The SMILES string of the molecule is CCCCCCC(=O)OCCOCCOCCOCCOCCOCCOCCOCCOCCCCCCCl. The minimum absolute atomic E-state index is 0.148. The molecule has 0 radical (unpaired) electrons. The first-order valence-electron chi connectivity index (χ1n) is 15.1. The van der Waals surface area contributed by atoms with Gasteiger partial charge in [0, 0.05) is 18.9 Å². The zero-order valence-corrected chi connectivity index (χ0v) is 25.8. The third-order valence-electron chi connectivity index (χ3n) is 5.50. The average Bonchev–Trinajstić information content (AvgIpc) is 2.96. The molecular weight excluding hydrogens is 544 g/mol. The van der Waals surface area contributed by atoms with Gasteiger partial charge in [0.2, 0.25) is 0 Å². The molecule has 0 aromatic rings. The molecule has 0 aromatic carbocycles. The van der Waals surface area contributed by atoms with Gasteiger partial charge in [-0.25, -0.2) is 0 Å². The van der Waals surface area contributed by atoms with Crippen molar-refractivity contribution in [3.8, 4) is 0 Å². The number of halogens is 1. The van der Waals surface area contributed by atoms with Crippen LogP contribution in [0.2, 0.25) is 0 Å². The number of rotatable bonds is 35. The molecule has 0 unspecified atom stereocenters. The quantitative estimate of drug-likeness (QED) is 0.0590. The minimum atomic E-state index is -0.148. The second kappa shape index (κ2) is 36.5. The molecule has 0 atom stereocenters. The number of ether oxygens (including phenoxy) is 9. The highest BCUT2D eigenvalue weighted by Crippen LogP contribution is 2.03. The van der Waals surface area contributed by atoms with E-state index in [1.54, 1.807) is 0 Å². The zero-order valence-electron chi connectivity index (χ0n) is 25.1. The van der Waals surface area contributed by atoms with E-state index in [9.17, 15) is 4.79 Å². The van der Waals surface area contributed by atoms with Gasteiger partial charge in [-0.05, 0) is 19.3 Å². The monoisotopic (exact) mass is 600 g/mol. The second-order valence-corrected chi connectivity index (χ2v) is 9.41.